The van der Waals surface area contributed by atoms with E-state index < -0.39 is 17.7 Å². The molecule has 2 aromatic heterocycles. The van der Waals surface area contributed by atoms with E-state index in [0.717, 1.165) is 0 Å². The van der Waals surface area contributed by atoms with Gasteiger partial charge in [0.2, 0.25) is 5.95 Å². The number of anilines is 1. The van der Waals surface area contributed by atoms with Gasteiger partial charge in [0.05, 0.1) is 19.5 Å². The summed E-state index contributed by atoms with van der Waals surface area (Å²) in [4.78, 5) is 27.0. The van der Waals surface area contributed by atoms with Crippen molar-refractivity contribution < 1.29 is 19.1 Å². The van der Waals surface area contributed by atoms with Gasteiger partial charge in [-0.2, -0.15) is 5.10 Å². The third kappa shape index (κ3) is 4.67. The van der Waals surface area contributed by atoms with Gasteiger partial charge in [0.15, 0.2) is 0 Å². The van der Waals surface area contributed by atoms with Crippen molar-refractivity contribution in [1.82, 2.24) is 24.5 Å². The normalized spacial score (nSPS) is 10.7. The smallest absolute Gasteiger partial charge is 0.305 e. The Labute approximate surface area is 157 Å². The Morgan fingerprint density at radius 1 is 1.30 bits per heavy atom. The lowest BCUT2D eigenvalue weighted by atomic mass is 10.2. The van der Waals surface area contributed by atoms with Gasteiger partial charge in [0, 0.05) is 11.2 Å². The molecule has 0 atom stereocenters. The minimum Gasteiger partial charge on any atom is -0.481 e. The number of halogens is 2. The van der Waals surface area contributed by atoms with Gasteiger partial charge in [-0.3, -0.25) is 19.6 Å². The van der Waals surface area contributed by atoms with Crippen LogP contribution in [0.4, 0.5) is 10.3 Å². The Morgan fingerprint density at radius 3 is 2.85 bits per heavy atom. The molecule has 0 radical (unpaired) electrons. The van der Waals surface area contributed by atoms with Crippen LogP contribution < -0.4 is 5.32 Å². The SMILES string of the molecule is O=C(O)CCn1nccc1C(=O)Nc1ncn(Cc2ccc(F)cc2Cl)n1. The van der Waals surface area contributed by atoms with Crippen molar-refractivity contribution in [3.05, 3.63) is 58.9 Å². The van der Waals surface area contributed by atoms with Gasteiger partial charge in [-0.1, -0.05) is 17.7 Å². The highest BCUT2D eigenvalue weighted by Crippen LogP contribution is 2.18. The maximum atomic E-state index is 13.1. The Balaban J connectivity index is 1.66. The van der Waals surface area contributed by atoms with E-state index in [0.29, 0.717) is 5.56 Å². The molecule has 2 heterocycles. The summed E-state index contributed by atoms with van der Waals surface area (Å²) in [5, 5.41) is 19.6. The molecule has 1 amide bonds. The molecule has 0 saturated heterocycles. The molecular weight excluding hydrogens is 379 g/mol. The van der Waals surface area contributed by atoms with Crippen molar-refractivity contribution in [3.8, 4) is 0 Å². The summed E-state index contributed by atoms with van der Waals surface area (Å²) in [5.41, 5.74) is 0.835. The molecule has 27 heavy (non-hydrogen) atoms. The molecule has 0 fully saturated rings. The van der Waals surface area contributed by atoms with Gasteiger partial charge < -0.3 is 5.11 Å². The third-order valence-corrected chi connectivity index (χ3v) is 3.95. The topological polar surface area (TPSA) is 115 Å². The van der Waals surface area contributed by atoms with Gasteiger partial charge in [-0.15, -0.1) is 5.10 Å². The second-order valence-corrected chi connectivity index (χ2v) is 5.95. The largest absolute Gasteiger partial charge is 0.481 e. The molecule has 0 spiro atoms. The van der Waals surface area contributed by atoms with Crippen LogP contribution in [0.2, 0.25) is 5.02 Å². The van der Waals surface area contributed by atoms with E-state index in [-0.39, 0.29) is 36.2 Å². The number of benzene rings is 1. The minimum absolute atomic E-state index is 0.0595. The Morgan fingerprint density at radius 2 is 2.11 bits per heavy atom. The van der Waals surface area contributed by atoms with Crippen LogP contribution in [0, 0.1) is 5.82 Å². The highest BCUT2D eigenvalue weighted by molar-refractivity contribution is 6.31. The zero-order valence-electron chi connectivity index (χ0n) is 13.8. The molecule has 2 N–H and O–H groups in total. The monoisotopic (exact) mass is 392 g/mol. The lowest BCUT2D eigenvalue weighted by Gasteiger charge is -2.05. The first-order chi connectivity index (χ1) is 12.9. The summed E-state index contributed by atoms with van der Waals surface area (Å²) in [5.74, 6) is -1.88. The summed E-state index contributed by atoms with van der Waals surface area (Å²) in [6.07, 6.45) is 2.64. The second kappa shape index (κ2) is 7.96. The molecule has 0 unspecified atom stereocenters. The number of aryl methyl sites for hydroxylation is 1. The number of hydrogen-bond acceptors (Lipinski definition) is 5. The number of aromatic nitrogens is 5. The van der Waals surface area contributed by atoms with Crippen LogP contribution in [0.15, 0.2) is 36.8 Å². The van der Waals surface area contributed by atoms with Crippen LogP contribution in [-0.4, -0.2) is 41.5 Å². The molecule has 0 aliphatic rings. The highest BCUT2D eigenvalue weighted by Gasteiger charge is 2.15. The zero-order chi connectivity index (χ0) is 19.4. The molecule has 0 saturated carbocycles. The first-order valence-corrected chi connectivity index (χ1v) is 8.18. The van der Waals surface area contributed by atoms with E-state index in [1.165, 1.54) is 40.1 Å². The van der Waals surface area contributed by atoms with Gasteiger partial charge in [-0.05, 0) is 23.8 Å². The van der Waals surface area contributed by atoms with Crippen LogP contribution in [0.25, 0.3) is 0 Å². The maximum absolute atomic E-state index is 13.1. The molecule has 0 aliphatic carbocycles. The first-order valence-electron chi connectivity index (χ1n) is 7.80. The Hall–Kier alpha value is -3.27. The number of carbonyl (C=O) groups excluding carboxylic acids is 1. The number of carboxylic acid groups (broad SMARTS) is 1. The Kier molecular flexibility index (Phi) is 5.46. The van der Waals surface area contributed by atoms with E-state index in [1.54, 1.807) is 6.07 Å². The summed E-state index contributed by atoms with van der Waals surface area (Å²) in [6, 6.07) is 5.50. The van der Waals surface area contributed by atoms with Crippen molar-refractivity contribution in [2.45, 2.75) is 19.5 Å². The fraction of sp³-hybridized carbons (Fsp3) is 0.188. The van der Waals surface area contributed by atoms with Crippen LogP contribution in [0.5, 0.6) is 0 Å². The van der Waals surface area contributed by atoms with Gasteiger partial charge in [0.25, 0.3) is 5.91 Å². The summed E-state index contributed by atoms with van der Waals surface area (Å²) >= 11 is 5.98. The first kappa shape index (κ1) is 18.5. The molecule has 1 aromatic carbocycles. The fourth-order valence-electron chi connectivity index (χ4n) is 2.32. The average Bonchev–Trinajstić information content (AvgIpc) is 3.24. The van der Waals surface area contributed by atoms with E-state index in [9.17, 15) is 14.0 Å². The van der Waals surface area contributed by atoms with Gasteiger partial charge in [0.1, 0.15) is 17.8 Å². The van der Waals surface area contributed by atoms with Crippen molar-refractivity contribution in [1.29, 1.82) is 0 Å². The minimum atomic E-state index is -0.989. The number of rotatable bonds is 7. The van der Waals surface area contributed by atoms with Crippen LogP contribution in [-0.2, 0) is 17.9 Å². The quantitative estimate of drug-likeness (QED) is 0.635. The van der Waals surface area contributed by atoms with Crippen molar-refractivity contribution >= 4 is 29.4 Å². The second-order valence-electron chi connectivity index (χ2n) is 5.54. The molecule has 3 aromatic rings. The maximum Gasteiger partial charge on any atom is 0.305 e. The van der Waals surface area contributed by atoms with Crippen LogP contribution in [0.1, 0.15) is 22.5 Å². The van der Waals surface area contributed by atoms with Gasteiger partial charge in [-0.25, -0.2) is 14.1 Å². The van der Waals surface area contributed by atoms with Crippen molar-refractivity contribution in [3.63, 3.8) is 0 Å². The standard InChI is InChI=1S/C16H14ClFN6O3/c17-12-7-11(18)2-1-10(12)8-23-9-19-16(22-23)21-15(27)13-3-5-20-24(13)6-4-14(25)26/h1-3,5,7,9H,4,6,8H2,(H,25,26)(H,21,22,27). The van der Waals surface area contributed by atoms with E-state index in [1.807, 2.05) is 0 Å². The lowest BCUT2D eigenvalue weighted by molar-refractivity contribution is -0.137. The molecule has 140 valence electrons. The number of amides is 1. The summed E-state index contributed by atoms with van der Waals surface area (Å²) in [7, 11) is 0. The summed E-state index contributed by atoms with van der Waals surface area (Å²) < 4.78 is 15.8. The number of hydrogen-bond donors (Lipinski definition) is 2. The lowest BCUT2D eigenvalue weighted by Crippen LogP contribution is -2.19. The molecule has 3 rings (SSSR count). The number of aliphatic carboxylic acids is 1. The van der Waals surface area contributed by atoms with E-state index in [4.69, 9.17) is 16.7 Å². The van der Waals surface area contributed by atoms with Crippen LogP contribution in [0.3, 0.4) is 0 Å². The molecular formula is C16H14ClFN6O3. The molecule has 0 aliphatic heterocycles. The zero-order valence-corrected chi connectivity index (χ0v) is 14.6. The van der Waals surface area contributed by atoms with E-state index >= 15 is 0 Å². The summed E-state index contributed by atoms with van der Waals surface area (Å²) in [6.45, 7) is 0.314. The predicted molar refractivity (Wildman–Crippen MR) is 93.0 cm³/mol. The predicted octanol–water partition coefficient (Wildman–Crippen LogP) is 2.04. The van der Waals surface area contributed by atoms with Gasteiger partial charge >= 0.3 is 5.97 Å². The number of nitrogens with one attached hydrogen (secondary N) is 1. The number of carboxylic acids is 1. The average molecular weight is 393 g/mol. The number of carbonyl (C=O) groups is 2. The van der Waals surface area contributed by atoms with Crippen molar-refractivity contribution in [2.75, 3.05) is 5.32 Å². The third-order valence-electron chi connectivity index (χ3n) is 3.60. The van der Waals surface area contributed by atoms with E-state index in [2.05, 4.69) is 20.5 Å². The molecule has 11 heteroatoms. The highest BCUT2D eigenvalue weighted by atomic mass is 35.5. The molecule has 0 bridgehead atoms. The number of nitrogens with zero attached hydrogens (tertiary/aromatic N) is 5. The molecule has 9 nitrogen and oxygen atoms in total. The van der Waals surface area contributed by atoms with Crippen molar-refractivity contribution in [2.24, 2.45) is 0 Å². The Bertz CT molecular complexity index is 986. The fourth-order valence-corrected chi connectivity index (χ4v) is 2.55. The van der Waals surface area contributed by atoms with Crippen LogP contribution >= 0.6 is 11.6 Å².